The predicted molar refractivity (Wildman–Crippen MR) is 137 cm³/mol. The van der Waals surface area contributed by atoms with Crippen molar-refractivity contribution >= 4 is 33.1 Å². The number of rotatable bonds is 7. The van der Waals surface area contributed by atoms with Crippen molar-refractivity contribution in [3.63, 3.8) is 0 Å². The van der Waals surface area contributed by atoms with E-state index in [4.69, 9.17) is 0 Å². The zero-order valence-electron chi connectivity index (χ0n) is 20.6. The summed E-state index contributed by atoms with van der Waals surface area (Å²) >= 11 is 0. The smallest absolute Gasteiger partial charge is 0.258 e. The molecule has 5 rings (SSSR count). The van der Waals surface area contributed by atoms with Crippen molar-refractivity contribution in [3.05, 3.63) is 47.7 Å². The van der Waals surface area contributed by atoms with Gasteiger partial charge in [-0.15, -0.1) is 0 Å². The number of carbonyl (C=O) groups excluding carboxylic acids is 1. The second-order valence-electron chi connectivity index (χ2n) is 11.2. The number of benzene rings is 1. The van der Waals surface area contributed by atoms with Crippen LogP contribution in [-0.2, 0) is 15.6 Å². The van der Waals surface area contributed by atoms with Crippen molar-refractivity contribution in [3.8, 4) is 0 Å². The third-order valence-electron chi connectivity index (χ3n) is 7.84. The van der Waals surface area contributed by atoms with E-state index in [0.29, 0.717) is 41.0 Å². The van der Waals surface area contributed by atoms with Gasteiger partial charge in [-0.25, -0.2) is 13.4 Å². The van der Waals surface area contributed by atoms with Gasteiger partial charge in [0.05, 0.1) is 27.4 Å². The van der Waals surface area contributed by atoms with Gasteiger partial charge in [-0.1, -0.05) is 6.07 Å². The van der Waals surface area contributed by atoms with Crippen LogP contribution in [0.25, 0.3) is 0 Å². The van der Waals surface area contributed by atoms with Crippen LogP contribution in [-0.4, -0.2) is 42.3 Å². The Labute approximate surface area is 207 Å². The normalized spacial score (nSPS) is 20.4. The summed E-state index contributed by atoms with van der Waals surface area (Å²) < 4.78 is 27.6. The molecule has 188 valence electrons. The lowest BCUT2D eigenvalue weighted by Gasteiger charge is -2.35. The first-order valence-corrected chi connectivity index (χ1v) is 13.8. The van der Waals surface area contributed by atoms with Crippen LogP contribution >= 0.6 is 0 Å². The number of aliphatic hydroxyl groups is 1. The number of amides is 1. The van der Waals surface area contributed by atoms with Crippen LogP contribution in [0.4, 0.5) is 17.2 Å². The minimum atomic E-state index is -3.50. The molecule has 1 aromatic heterocycles. The molecule has 3 aliphatic rings. The van der Waals surface area contributed by atoms with E-state index in [2.05, 4.69) is 19.9 Å². The van der Waals surface area contributed by atoms with Gasteiger partial charge in [-0.05, 0) is 95.0 Å². The number of aromatic nitrogens is 1. The van der Waals surface area contributed by atoms with E-state index in [0.717, 1.165) is 31.6 Å². The summed E-state index contributed by atoms with van der Waals surface area (Å²) in [7, 11) is -3.50. The molecular formula is C26H34N4O4S. The zero-order valence-corrected chi connectivity index (χ0v) is 21.4. The molecule has 0 unspecified atom stereocenters. The van der Waals surface area contributed by atoms with E-state index >= 15 is 0 Å². The molecule has 1 amide bonds. The lowest BCUT2D eigenvalue weighted by atomic mass is 9.93. The number of piperidine rings is 1. The molecule has 2 aliphatic carbocycles. The van der Waals surface area contributed by atoms with Gasteiger partial charge < -0.3 is 15.3 Å². The molecule has 3 N–H and O–H groups in total. The number of hydrogen-bond acceptors (Lipinski definition) is 6. The van der Waals surface area contributed by atoms with Crippen molar-refractivity contribution in [1.29, 1.82) is 0 Å². The van der Waals surface area contributed by atoms with E-state index in [-0.39, 0.29) is 5.91 Å². The standard InChI is InChI=1S/C26H34N4O4S/c1-24(2,32)21-5-4-6-22(27-21)28-23(31)19-8-7-18(29-35(33,34)25(3)9-10-25)17-20(19)30-15-13-26(11-12-26)14-16-30/h4-8,17,29,32H,9-16H2,1-3H3,(H,27,28,31). The molecular weight excluding hydrogens is 464 g/mol. The highest BCUT2D eigenvalue weighted by Crippen LogP contribution is 2.54. The van der Waals surface area contributed by atoms with Crippen LogP contribution in [0.5, 0.6) is 0 Å². The number of nitrogens with zero attached hydrogens (tertiary/aromatic N) is 2. The first kappa shape index (κ1) is 24.1. The Hall–Kier alpha value is -2.65. The Kier molecular flexibility index (Phi) is 5.64. The fourth-order valence-electron chi connectivity index (χ4n) is 4.70. The Balaban J connectivity index is 1.43. The van der Waals surface area contributed by atoms with Gasteiger partial charge >= 0.3 is 0 Å². The van der Waals surface area contributed by atoms with E-state index in [1.807, 2.05) is 0 Å². The Bertz CT molecular complexity index is 1250. The van der Waals surface area contributed by atoms with Crippen LogP contribution in [0.2, 0.25) is 0 Å². The highest BCUT2D eigenvalue weighted by molar-refractivity contribution is 7.94. The summed E-state index contributed by atoms with van der Waals surface area (Å²) in [5.74, 6) is 0.0262. The Morgan fingerprint density at radius 1 is 1.06 bits per heavy atom. The second kappa shape index (κ2) is 8.20. The molecule has 8 nitrogen and oxygen atoms in total. The molecule has 3 fully saturated rings. The van der Waals surface area contributed by atoms with Crippen molar-refractivity contribution in [2.75, 3.05) is 28.0 Å². The first-order valence-electron chi connectivity index (χ1n) is 12.3. The van der Waals surface area contributed by atoms with Gasteiger partial charge in [0.1, 0.15) is 11.4 Å². The first-order chi connectivity index (χ1) is 16.4. The zero-order chi connectivity index (χ0) is 25.1. The second-order valence-corrected chi connectivity index (χ2v) is 13.4. The third kappa shape index (κ3) is 4.89. The molecule has 2 heterocycles. The fourth-order valence-corrected chi connectivity index (χ4v) is 6.02. The quantitative estimate of drug-likeness (QED) is 0.527. The fraction of sp³-hybridized carbons (Fsp3) is 0.538. The molecule has 1 spiro atoms. The van der Waals surface area contributed by atoms with Crippen molar-refractivity contribution in [2.45, 2.75) is 69.6 Å². The van der Waals surface area contributed by atoms with E-state index in [9.17, 15) is 18.3 Å². The lowest BCUT2D eigenvalue weighted by molar-refractivity contribution is 0.0739. The predicted octanol–water partition coefficient (Wildman–Crippen LogP) is 4.24. The average molecular weight is 499 g/mol. The van der Waals surface area contributed by atoms with E-state index < -0.39 is 20.4 Å². The van der Waals surface area contributed by atoms with E-state index in [1.165, 1.54) is 12.8 Å². The van der Waals surface area contributed by atoms with E-state index in [1.54, 1.807) is 57.2 Å². The van der Waals surface area contributed by atoms with Gasteiger partial charge in [-0.2, -0.15) is 0 Å². The molecule has 9 heteroatoms. The highest BCUT2D eigenvalue weighted by atomic mass is 32.2. The maximum absolute atomic E-state index is 13.4. The van der Waals surface area contributed by atoms with Crippen LogP contribution in [0.15, 0.2) is 36.4 Å². The number of nitrogens with one attached hydrogen (secondary N) is 2. The minimum absolute atomic E-state index is 0.323. The molecule has 1 aromatic carbocycles. The van der Waals surface area contributed by atoms with Gasteiger partial charge in [0.15, 0.2) is 0 Å². The number of hydrogen-bond donors (Lipinski definition) is 3. The van der Waals surface area contributed by atoms with Crippen molar-refractivity contribution in [1.82, 2.24) is 4.98 Å². The summed E-state index contributed by atoms with van der Waals surface area (Å²) in [6.07, 6.45) is 6.02. The molecule has 1 saturated heterocycles. The minimum Gasteiger partial charge on any atom is -0.384 e. The molecule has 1 aliphatic heterocycles. The Morgan fingerprint density at radius 2 is 1.74 bits per heavy atom. The summed E-state index contributed by atoms with van der Waals surface area (Å²) in [6.45, 7) is 6.71. The maximum atomic E-state index is 13.4. The number of anilines is 3. The van der Waals surface area contributed by atoms with Crippen LogP contribution in [0.1, 0.15) is 75.3 Å². The summed E-state index contributed by atoms with van der Waals surface area (Å²) in [5, 5.41) is 13.1. The van der Waals surface area contributed by atoms with Gasteiger partial charge in [0.2, 0.25) is 10.0 Å². The van der Waals surface area contributed by atoms with Gasteiger partial charge in [0.25, 0.3) is 5.91 Å². The maximum Gasteiger partial charge on any atom is 0.258 e. The molecule has 0 atom stereocenters. The monoisotopic (exact) mass is 498 g/mol. The highest BCUT2D eigenvalue weighted by Gasteiger charge is 2.50. The van der Waals surface area contributed by atoms with Crippen LogP contribution in [0, 0.1) is 5.41 Å². The van der Waals surface area contributed by atoms with Crippen molar-refractivity contribution < 1.29 is 18.3 Å². The van der Waals surface area contributed by atoms with Crippen molar-refractivity contribution in [2.24, 2.45) is 5.41 Å². The molecule has 35 heavy (non-hydrogen) atoms. The Morgan fingerprint density at radius 3 is 2.34 bits per heavy atom. The molecule has 0 radical (unpaired) electrons. The number of sulfonamides is 1. The molecule has 0 bridgehead atoms. The van der Waals surface area contributed by atoms with Gasteiger partial charge in [-0.3, -0.25) is 9.52 Å². The summed E-state index contributed by atoms with van der Waals surface area (Å²) in [6, 6.07) is 10.2. The summed E-state index contributed by atoms with van der Waals surface area (Å²) in [5.41, 5.74) is 1.46. The van der Waals surface area contributed by atoms with Crippen LogP contribution < -0.4 is 14.9 Å². The van der Waals surface area contributed by atoms with Crippen LogP contribution in [0.3, 0.4) is 0 Å². The lowest BCUT2D eigenvalue weighted by Crippen LogP contribution is -2.36. The summed E-state index contributed by atoms with van der Waals surface area (Å²) in [4.78, 5) is 19.9. The third-order valence-corrected chi connectivity index (χ3v) is 10.0. The van der Waals surface area contributed by atoms with Gasteiger partial charge in [0, 0.05) is 13.1 Å². The molecule has 2 aromatic rings. The number of pyridine rings is 1. The largest absolute Gasteiger partial charge is 0.384 e. The molecule has 2 saturated carbocycles. The SMILES string of the molecule is CC(C)(O)c1cccc(NC(=O)c2ccc(NS(=O)(=O)C3(C)CC3)cc2N2CCC3(CC2)CC3)n1. The topological polar surface area (TPSA) is 112 Å². The number of carbonyl (C=O) groups is 1. The average Bonchev–Trinajstić information content (AvgIpc) is 3.73.